The molecule has 0 saturated carbocycles. The van der Waals surface area contributed by atoms with E-state index in [0.29, 0.717) is 5.69 Å². The average Bonchev–Trinajstić information content (AvgIpc) is 2.59. The Morgan fingerprint density at radius 1 is 1.04 bits per heavy atom. The Morgan fingerprint density at radius 2 is 1.74 bits per heavy atom. The molecule has 4 nitrogen and oxygen atoms in total. The van der Waals surface area contributed by atoms with Gasteiger partial charge in [0.2, 0.25) is 0 Å². The normalized spacial score (nSPS) is 15.5. The van der Waals surface area contributed by atoms with Gasteiger partial charge < -0.3 is 5.32 Å². The predicted octanol–water partition coefficient (Wildman–Crippen LogP) is 3.66. The molecular weight excluding hydrogens is 286 g/mol. The molecule has 0 bridgehead atoms. The van der Waals surface area contributed by atoms with E-state index in [1.807, 2.05) is 48.5 Å². The summed E-state index contributed by atoms with van der Waals surface area (Å²) in [5.74, 6) is 0.110. The van der Waals surface area contributed by atoms with Crippen LogP contribution in [0, 0.1) is 0 Å². The number of benzene rings is 2. The third kappa shape index (κ3) is 2.06. The lowest BCUT2D eigenvalue weighted by molar-refractivity contribution is 0.700. The highest BCUT2D eigenvalue weighted by Gasteiger charge is 2.28. The Hall–Kier alpha value is -2.88. The van der Waals surface area contributed by atoms with Crippen molar-refractivity contribution < 1.29 is 0 Å². The van der Waals surface area contributed by atoms with Gasteiger partial charge in [0, 0.05) is 29.8 Å². The molecule has 1 aliphatic heterocycles. The van der Waals surface area contributed by atoms with Crippen molar-refractivity contribution in [2.24, 2.45) is 7.05 Å². The molecule has 0 fully saturated rings. The van der Waals surface area contributed by atoms with Gasteiger partial charge in [-0.15, -0.1) is 0 Å². The highest BCUT2D eigenvalue weighted by atomic mass is 16.1. The van der Waals surface area contributed by atoms with Crippen LogP contribution in [0.4, 0.5) is 11.4 Å². The van der Waals surface area contributed by atoms with Crippen LogP contribution in [0.5, 0.6) is 0 Å². The van der Waals surface area contributed by atoms with E-state index in [1.54, 1.807) is 7.05 Å². The zero-order chi connectivity index (χ0) is 16.0. The van der Waals surface area contributed by atoms with E-state index in [1.165, 1.54) is 10.2 Å². The van der Waals surface area contributed by atoms with E-state index >= 15 is 0 Å². The molecule has 1 atom stereocenters. The van der Waals surface area contributed by atoms with E-state index in [0.717, 1.165) is 22.5 Å². The van der Waals surface area contributed by atoms with Crippen molar-refractivity contribution in [1.82, 2.24) is 9.78 Å². The number of nitrogens with zero attached hydrogens (tertiary/aromatic N) is 2. The van der Waals surface area contributed by atoms with Crippen LogP contribution in [0.15, 0.2) is 59.4 Å². The average molecular weight is 303 g/mol. The van der Waals surface area contributed by atoms with Crippen LogP contribution in [-0.4, -0.2) is 9.78 Å². The summed E-state index contributed by atoms with van der Waals surface area (Å²) in [6.45, 7) is 2.13. The van der Waals surface area contributed by atoms with Gasteiger partial charge >= 0.3 is 0 Å². The maximum atomic E-state index is 12.6. The standard InChI is InChI=1S/C19H17N3O/c1-12-14-10-6-7-11-15(14)20-18-16(12)17(21-22(2)19(18)23)13-8-4-3-5-9-13/h3-12,20H,1-2H3. The zero-order valence-electron chi connectivity index (χ0n) is 13.1. The van der Waals surface area contributed by atoms with Crippen LogP contribution < -0.4 is 10.9 Å². The molecule has 0 amide bonds. The maximum absolute atomic E-state index is 12.6. The summed E-state index contributed by atoms with van der Waals surface area (Å²) in [6, 6.07) is 18.1. The number of hydrogen-bond acceptors (Lipinski definition) is 3. The number of aromatic nitrogens is 2. The number of anilines is 2. The number of hydrogen-bond donors (Lipinski definition) is 1. The van der Waals surface area contributed by atoms with Crippen LogP contribution in [0.3, 0.4) is 0 Å². The van der Waals surface area contributed by atoms with Gasteiger partial charge in [0.15, 0.2) is 0 Å². The second-order valence-corrected chi connectivity index (χ2v) is 5.87. The minimum Gasteiger partial charge on any atom is -0.350 e. The molecule has 1 aromatic heterocycles. The van der Waals surface area contributed by atoms with Gasteiger partial charge in [-0.05, 0) is 11.6 Å². The quantitative estimate of drug-likeness (QED) is 0.746. The molecule has 0 radical (unpaired) electrons. The SMILES string of the molecule is CC1c2ccccc2Nc2c1c(-c1ccccc1)nn(C)c2=O. The number of nitrogens with one attached hydrogen (secondary N) is 1. The molecule has 0 spiro atoms. The smallest absolute Gasteiger partial charge is 0.290 e. The van der Waals surface area contributed by atoms with Crippen molar-refractivity contribution in [3.05, 3.63) is 76.1 Å². The van der Waals surface area contributed by atoms with Gasteiger partial charge in [0.25, 0.3) is 5.56 Å². The van der Waals surface area contributed by atoms with E-state index in [-0.39, 0.29) is 11.5 Å². The van der Waals surface area contributed by atoms with E-state index in [4.69, 9.17) is 0 Å². The Morgan fingerprint density at radius 3 is 2.52 bits per heavy atom. The fourth-order valence-electron chi connectivity index (χ4n) is 3.27. The number of rotatable bonds is 1. The molecule has 4 heteroatoms. The largest absolute Gasteiger partial charge is 0.350 e. The van der Waals surface area contributed by atoms with Gasteiger partial charge in [0.1, 0.15) is 5.69 Å². The number of aryl methyl sites for hydroxylation is 1. The monoisotopic (exact) mass is 303 g/mol. The summed E-state index contributed by atoms with van der Waals surface area (Å²) in [5.41, 5.74) is 5.57. The molecule has 114 valence electrons. The van der Waals surface area contributed by atoms with E-state index < -0.39 is 0 Å². The molecule has 2 heterocycles. The van der Waals surface area contributed by atoms with Crippen molar-refractivity contribution in [2.75, 3.05) is 5.32 Å². The third-order valence-corrected chi connectivity index (χ3v) is 4.45. The summed E-state index contributed by atoms with van der Waals surface area (Å²) >= 11 is 0. The van der Waals surface area contributed by atoms with Crippen LogP contribution >= 0.6 is 0 Å². The van der Waals surface area contributed by atoms with Gasteiger partial charge in [-0.1, -0.05) is 55.5 Å². The lowest BCUT2D eigenvalue weighted by Gasteiger charge is -2.28. The summed E-state index contributed by atoms with van der Waals surface area (Å²) in [7, 11) is 1.70. The molecule has 0 saturated heterocycles. The van der Waals surface area contributed by atoms with Crippen LogP contribution in [0.1, 0.15) is 24.0 Å². The highest BCUT2D eigenvalue weighted by molar-refractivity contribution is 5.79. The Labute approximate surface area is 134 Å². The number of fused-ring (bicyclic) bond motifs is 2. The summed E-state index contributed by atoms with van der Waals surface area (Å²) in [4.78, 5) is 12.6. The molecule has 1 aliphatic rings. The molecule has 4 rings (SSSR count). The van der Waals surface area contributed by atoms with Crippen LogP contribution in [-0.2, 0) is 7.05 Å². The van der Waals surface area contributed by atoms with Crippen molar-refractivity contribution in [2.45, 2.75) is 12.8 Å². The molecule has 1 unspecified atom stereocenters. The maximum Gasteiger partial charge on any atom is 0.290 e. The van der Waals surface area contributed by atoms with Crippen LogP contribution in [0.25, 0.3) is 11.3 Å². The predicted molar refractivity (Wildman–Crippen MR) is 92.2 cm³/mol. The minimum atomic E-state index is -0.0963. The second-order valence-electron chi connectivity index (χ2n) is 5.87. The minimum absolute atomic E-state index is 0.0963. The van der Waals surface area contributed by atoms with Crippen molar-refractivity contribution in [3.63, 3.8) is 0 Å². The lowest BCUT2D eigenvalue weighted by Crippen LogP contribution is -2.28. The first-order valence-electron chi connectivity index (χ1n) is 7.69. The summed E-state index contributed by atoms with van der Waals surface area (Å²) in [5, 5.41) is 7.86. The molecule has 1 N–H and O–H groups in total. The fraction of sp³-hybridized carbons (Fsp3) is 0.158. The van der Waals surface area contributed by atoms with E-state index in [2.05, 4.69) is 23.4 Å². The van der Waals surface area contributed by atoms with E-state index in [9.17, 15) is 4.79 Å². The first kappa shape index (κ1) is 13.8. The molecule has 0 aliphatic carbocycles. The summed E-state index contributed by atoms with van der Waals surface area (Å²) in [6.07, 6.45) is 0. The van der Waals surface area contributed by atoms with Gasteiger partial charge in [-0.3, -0.25) is 4.79 Å². The molecule has 23 heavy (non-hydrogen) atoms. The first-order valence-corrected chi connectivity index (χ1v) is 7.69. The fourth-order valence-corrected chi connectivity index (χ4v) is 3.27. The van der Waals surface area contributed by atoms with Gasteiger partial charge in [0.05, 0.1) is 5.69 Å². The highest BCUT2D eigenvalue weighted by Crippen LogP contribution is 2.42. The second kappa shape index (κ2) is 5.09. The van der Waals surface area contributed by atoms with Crippen LogP contribution in [0.2, 0.25) is 0 Å². The van der Waals surface area contributed by atoms with Crippen molar-refractivity contribution >= 4 is 11.4 Å². The lowest BCUT2D eigenvalue weighted by atomic mass is 9.85. The van der Waals surface area contributed by atoms with Gasteiger partial charge in [-0.25, -0.2) is 4.68 Å². The molecular formula is C19H17N3O. The Bertz CT molecular complexity index is 945. The first-order chi connectivity index (χ1) is 11.2. The Balaban J connectivity index is 2.03. The summed E-state index contributed by atoms with van der Waals surface area (Å²) < 4.78 is 1.41. The zero-order valence-corrected chi connectivity index (χ0v) is 13.1. The van der Waals surface area contributed by atoms with Crippen molar-refractivity contribution in [3.8, 4) is 11.3 Å². The number of para-hydroxylation sites is 1. The van der Waals surface area contributed by atoms with Crippen molar-refractivity contribution in [1.29, 1.82) is 0 Å². The topological polar surface area (TPSA) is 46.9 Å². The third-order valence-electron chi connectivity index (χ3n) is 4.45. The molecule has 2 aromatic carbocycles. The molecule has 3 aromatic rings. The Kier molecular flexibility index (Phi) is 3.05. The van der Waals surface area contributed by atoms with Gasteiger partial charge in [-0.2, -0.15) is 5.10 Å².